The monoisotopic (exact) mass is 425 g/mol. The Morgan fingerprint density at radius 1 is 1.30 bits per heavy atom. The van der Waals surface area contributed by atoms with Gasteiger partial charge >= 0.3 is 6.18 Å². The zero-order valence-corrected chi connectivity index (χ0v) is 17.4. The zero-order valence-electron chi connectivity index (χ0n) is 17.4. The number of aromatic nitrogens is 3. The summed E-state index contributed by atoms with van der Waals surface area (Å²) in [6.07, 6.45) is -3.02. The van der Waals surface area contributed by atoms with Crippen molar-refractivity contribution < 1.29 is 23.1 Å². The second-order valence-corrected chi connectivity index (χ2v) is 8.01. The molecule has 30 heavy (non-hydrogen) atoms. The molecule has 3 heterocycles. The lowest BCUT2D eigenvalue weighted by atomic mass is 9.97. The van der Waals surface area contributed by atoms with Crippen LogP contribution in [0.15, 0.2) is 18.5 Å². The van der Waals surface area contributed by atoms with Crippen molar-refractivity contribution in [2.24, 2.45) is 5.92 Å². The Hall–Kier alpha value is -2.62. The summed E-state index contributed by atoms with van der Waals surface area (Å²) in [6.45, 7) is 5.19. The summed E-state index contributed by atoms with van der Waals surface area (Å²) < 4.78 is 38.6. The molecular weight excluding hydrogens is 399 g/mol. The molecule has 0 saturated heterocycles. The molecule has 1 amide bonds. The number of amides is 1. The third kappa shape index (κ3) is 4.58. The lowest BCUT2D eigenvalue weighted by molar-refractivity contribution is -0.208. The summed E-state index contributed by atoms with van der Waals surface area (Å²) in [5, 5.41) is 16.0. The van der Waals surface area contributed by atoms with Gasteiger partial charge in [0, 0.05) is 18.9 Å². The average molecular weight is 425 g/mol. The summed E-state index contributed by atoms with van der Waals surface area (Å²) in [6, 6.07) is 1.67. The third-order valence-electron chi connectivity index (χ3n) is 5.27. The average Bonchev–Trinajstić information content (AvgIpc) is 3.07. The van der Waals surface area contributed by atoms with E-state index >= 15 is 0 Å². The van der Waals surface area contributed by atoms with Gasteiger partial charge in [-0.25, -0.2) is 0 Å². The molecule has 0 bridgehead atoms. The van der Waals surface area contributed by atoms with Crippen LogP contribution in [0.2, 0.25) is 0 Å². The highest BCUT2D eigenvalue weighted by molar-refractivity contribution is 6.04. The fourth-order valence-corrected chi connectivity index (χ4v) is 3.74. The molecule has 0 spiro atoms. The first-order valence-electron chi connectivity index (χ1n) is 9.77. The third-order valence-corrected chi connectivity index (χ3v) is 5.27. The van der Waals surface area contributed by atoms with Crippen LogP contribution >= 0.6 is 0 Å². The minimum Gasteiger partial charge on any atom is -0.382 e. The van der Waals surface area contributed by atoms with Crippen molar-refractivity contribution in [1.29, 1.82) is 0 Å². The standard InChI is InChI=1S/C20H26F3N5O2/c1-11(2)18-19(30)26-17-12(3)25-14(7-15(17)27(18)4)6-5-13-8-24-28(9-13)10-16(29)20(21,22)23/h7-9,11,16,18,29H,5-6,10H2,1-4H3,(H,26,30)/t16?,18-/m0/s1. The molecule has 2 aromatic rings. The molecule has 1 unspecified atom stereocenters. The van der Waals surface area contributed by atoms with Gasteiger partial charge in [0.05, 0.1) is 29.8 Å². The largest absolute Gasteiger partial charge is 0.416 e. The first-order valence-corrected chi connectivity index (χ1v) is 9.77. The van der Waals surface area contributed by atoms with Gasteiger partial charge in [0.25, 0.3) is 0 Å². The number of alkyl halides is 3. The Bertz CT molecular complexity index is 926. The van der Waals surface area contributed by atoms with Crippen molar-refractivity contribution in [1.82, 2.24) is 14.8 Å². The summed E-state index contributed by atoms with van der Waals surface area (Å²) in [5.41, 5.74) is 3.90. The van der Waals surface area contributed by atoms with E-state index in [1.807, 2.05) is 38.8 Å². The van der Waals surface area contributed by atoms with Crippen LogP contribution in [0, 0.1) is 12.8 Å². The predicted octanol–water partition coefficient (Wildman–Crippen LogP) is 2.71. The van der Waals surface area contributed by atoms with Crippen molar-refractivity contribution in [3.8, 4) is 0 Å². The fraction of sp³-hybridized carbons (Fsp3) is 0.550. The molecule has 1 aliphatic heterocycles. The number of aliphatic hydroxyl groups excluding tert-OH is 1. The van der Waals surface area contributed by atoms with Crippen LogP contribution in [-0.4, -0.2) is 51.1 Å². The topological polar surface area (TPSA) is 83.3 Å². The van der Waals surface area contributed by atoms with E-state index in [0.29, 0.717) is 24.2 Å². The smallest absolute Gasteiger partial charge is 0.382 e. The van der Waals surface area contributed by atoms with E-state index in [1.54, 1.807) is 0 Å². The minimum absolute atomic E-state index is 0.0499. The van der Waals surface area contributed by atoms with Crippen molar-refractivity contribution in [2.45, 2.75) is 58.5 Å². The lowest BCUT2D eigenvalue weighted by Gasteiger charge is -2.38. The maximum Gasteiger partial charge on any atom is 0.416 e. The number of halogens is 3. The quantitative estimate of drug-likeness (QED) is 0.744. The van der Waals surface area contributed by atoms with E-state index in [-0.39, 0.29) is 17.9 Å². The summed E-state index contributed by atoms with van der Waals surface area (Å²) in [4.78, 5) is 19.0. The molecule has 0 aliphatic carbocycles. The highest BCUT2D eigenvalue weighted by Gasteiger charge is 2.38. The number of nitrogens with zero attached hydrogens (tertiary/aromatic N) is 4. The van der Waals surface area contributed by atoms with Crippen LogP contribution in [0.4, 0.5) is 24.5 Å². The number of carbonyl (C=O) groups excluding carboxylic acids is 1. The Morgan fingerprint density at radius 3 is 2.63 bits per heavy atom. The minimum atomic E-state index is -4.67. The second-order valence-electron chi connectivity index (χ2n) is 8.01. The van der Waals surface area contributed by atoms with Crippen molar-refractivity contribution in [2.75, 3.05) is 17.3 Å². The molecule has 10 heteroatoms. The number of anilines is 2. The number of hydrogen-bond donors (Lipinski definition) is 2. The van der Waals surface area contributed by atoms with E-state index < -0.39 is 18.8 Å². The van der Waals surface area contributed by atoms with Crippen LogP contribution in [-0.2, 0) is 24.2 Å². The van der Waals surface area contributed by atoms with E-state index in [9.17, 15) is 23.1 Å². The van der Waals surface area contributed by atoms with E-state index in [2.05, 4.69) is 15.4 Å². The van der Waals surface area contributed by atoms with Crippen molar-refractivity contribution >= 4 is 17.3 Å². The first-order chi connectivity index (χ1) is 14.0. The number of pyridine rings is 1. The Morgan fingerprint density at radius 2 is 2.00 bits per heavy atom. The van der Waals surface area contributed by atoms with Gasteiger partial charge in [-0.15, -0.1) is 0 Å². The van der Waals surface area contributed by atoms with Gasteiger partial charge in [-0.1, -0.05) is 13.8 Å². The van der Waals surface area contributed by atoms with Gasteiger partial charge in [-0.05, 0) is 37.3 Å². The van der Waals surface area contributed by atoms with Crippen LogP contribution in [0.5, 0.6) is 0 Å². The van der Waals surface area contributed by atoms with E-state index in [1.165, 1.54) is 12.4 Å². The number of rotatable bonds is 6. The highest BCUT2D eigenvalue weighted by atomic mass is 19.4. The SMILES string of the molecule is Cc1nc(CCc2cnn(CC(O)C(F)(F)F)c2)cc2c1NC(=O)[C@H](C(C)C)N2C. The van der Waals surface area contributed by atoms with Gasteiger partial charge < -0.3 is 15.3 Å². The number of aryl methyl sites for hydroxylation is 3. The van der Waals surface area contributed by atoms with Crippen LogP contribution in [0.25, 0.3) is 0 Å². The normalized spacial score (nSPS) is 17.8. The molecule has 0 saturated carbocycles. The molecule has 0 radical (unpaired) electrons. The lowest BCUT2D eigenvalue weighted by Crippen LogP contribution is -2.49. The number of aliphatic hydroxyl groups is 1. The summed E-state index contributed by atoms with van der Waals surface area (Å²) >= 11 is 0. The zero-order chi connectivity index (χ0) is 22.2. The van der Waals surface area contributed by atoms with Gasteiger partial charge in [-0.3, -0.25) is 14.5 Å². The van der Waals surface area contributed by atoms with Crippen molar-refractivity contribution in [3.05, 3.63) is 35.4 Å². The van der Waals surface area contributed by atoms with E-state index in [0.717, 1.165) is 21.6 Å². The van der Waals surface area contributed by atoms with Gasteiger partial charge in [-0.2, -0.15) is 18.3 Å². The molecule has 164 valence electrons. The highest BCUT2D eigenvalue weighted by Crippen LogP contribution is 2.35. The number of carbonyl (C=O) groups is 1. The number of likely N-dealkylation sites (N-methyl/N-ethyl adjacent to an activating group) is 1. The Balaban J connectivity index is 1.72. The predicted molar refractivity (Wildman–Crippen MR) is 106 cm³/mol. The first kappa shape index (κ1) is 22.1. The number of fused-ring (bicyclic) bond motifs is 1. The van der Waals surface area contributed by atoms with E-state index in [4.69, 9.17) is 0 Å². The molecule has 7 nitrogen and oxygen atoms in total. The molecule has 2 aromatic heterocycles. The molecule has 0 aromatic carbocycles. The van der Waals surface area contributed by atoms with Crippen LogP contribution < -0.4 is 10.2 Å². The van der Waals surface area contributed by atoms with Crippen LogP contribution in [0.1, 0.15) is 30.8 Å². The molecule has 2 atom stereocenters. The van der Waals surface area contributed by atoms with Gasteiger partial charge in [0.1, 0.15) is 6.04 Å². The van der Waals surface area contributed by atoms with Crippen molar-refractivity contribution in [3.63, 3.8) is 0 Å². The molecule has 2 N–H and O–H groups in total. The van der Waals surface area contributed by atoms with Crippen LogP contribution in [0.3, 0.4) is 0 Å². The maximum absolute atomic E-state index is 12.5. The summed E-state index contributed by atoms with van der Waals surface area (Å²) in [7, 11) is 1.89. The number of hydrogen-bond acceptors (Lipinski definition) is 5. The molecule has 0 fully saturated rings. The molecule has 3 rings (SSSR count). The fourth-order valence-electron chi connectivity index (χ4n) is 3.74. The molecule has 1 aliphatic rings. The van der Waals surface area contributed by atoms with Gasteiger partial charge in [0.15, 0.2) is 6.10 Å². The second kappa shape index (κ2) is 8.25. The summed E-state index contributed by atoms with van der Waals surface area (Å²) in [5.74, 6) is 0.0871. The number of nitrogens with one attached hydrogen (secondary N) is 1. The Labute approximate surface area is 172 Å². The van der Waals surface area contributed by atoms with Gasteiger partial charge in [0.2, 0.25) is 5.91 Å². The maximum atomic E-state index is 12.5. The molecular formula is C20H26F3N5O2. The Kier molecular flexibility index (Phi) is 6.07.